The van der Waals surface area contributed by atoms with Gasteiger partial charge in [-0.25, -0.2) is 0 Å². The second-order valence-corrected chi connectivity index (χ2v) is 16.0. The van der Waals surface area contributed by atoms with E-state index in [1.54, 1.807) is 0 Å². The largest absolute Gasteiger partial charge is 0.456 e. The first-order valence-corrected chi connectivity index (χ1v) is 21.4. The Hall–Kier alpha value is -8.40. The number of rotatable bonds is 8. The van der Waals surface area contributed by atoms with Gasteiger partial charge in [0.1, 0.15) is 22.3 Å². The molecule has 2 heterocycles. The minimum atomic E-state index is 0.871. The molecular formula is C60H39NO2. The molecule has 0 N–H and O–H groups in total. The second-order valence-electron chi connectivity index (χ2n) is 16.0. The molecule has 63 heavy (non-hydrogen) atoms. The third-order valence-electron chi connectivity index (χ3n) is 12.3. The van der Waals surface area contributed by atoms with Crippen LogP contribution in [0, 0.1) is 0 Å². The van der Waals surface area contributed by atoms with Crippen molar-refractivity contribution in [1.82, 2.24) is 0 Å². The monoisotopic (exact) mass is 805 g/mol. The van der Waals surface area contributed by atoms with Crippen LogP contribution in [0.1, 0.15) is 0 Å². The maximum Gasteiger partial charge on any atom is 0.143 e. The van der Waals surface area contributed by atoms with Crippen LogP contribution in [-0.2, 0) is 0 Å². The van der Waals surface area contributed by atoms with Crippen LogP contribution in [0.25, 0.3) is 99.5 Å². The molecule has 3 heteroatoms. The molecule has 0 radical (unpaired) electrons. The fraction of sp³-hybridized carbons (Fsp3) is 0. The van der Waals surface area contributed by atoms with Crippen molar-refractivity contribution in [2.75, 3.05) is 4.90 Å². The third kappa shape index (κ3) is 6.38. The van der Waals surface area contributed by atoms with E-state index in [4.69, 9.17) is 8.83 Å². The summed E-state index contributed by atoms with van der Waals surface area (Å²) in [6, 6.07) is 84.3. The highest BCUT2D eigenvalue weighted by Gasteiger charge is 2.25. The molecule has 296 valence electrons. The minimum Gasteiger partial charge on any atom is -0.456 e. The molecular weight excluding hydrogens is 767 g/mol. The summed E-state index contributed by atoms with van der Waals surface area (Å²) in [5.74, 6) is 0. The summed E-state index contributed by atoms with van der Waals surface area (Å²) in [6.07, 6.45) is 0. The molecule has 2 aromatic heterocycles. The molecule has 0 amide bonds. The van der Waals surface area contributed by atoms with Crippen LogP contribution < -0.4 is 4.90 Å². The van der Waals surface area contributed by atoms with Gasteiger partial charge in [0.25, 0.3) is 0 Å². The van der Waals surface area contributed by atoms with Crippen molar-refractivity contribution >= 4 is 60.9 Å². The van der Waals surface area contributed by atoms with E-state index in [1.165, 1.54) is 11.1 Å². The predicted molar refractivity (Wildman–Crippen MR) is 263 cm³/mol. The number of hydrogen-bond donors (Lipinski definition) is 0. The van der Waals surface area contributed by atoms with E-state index in [2.05, 4.69) is 223 Å². The number of furan rings is 2. The molecule has 0 saturated carbocycles. The molecule has 0 aliphatic carbocycles. The molecule has 10 aromatic carbocycles. The van der Waals surface area contributed by atoms with Gasteiger partial charge in [-0.1, -0.05) is 188 Å². The molecule has 0 fully saturated rings. The lowest BCUT2D eigenvalue weighted by atomic mass is 9.90. The van der Waals surface area contributed by atoms with Crippen LogP contribution in [0.3, 0.4) is 0 Å². The normalized spacial score (nSPS) is 11.5. The second kappa shape index (κ2) is 15.3. The maximum atomic E-state index is 6.71. The van der Waals surface area contributed by atoms with E-state index < -0.39 is 0 Å². The van der Waals surface area contributed by atoms with Gasteiger partial charge in [-0.3, -0.25) is 0 Å². The van der Waals surface area contributed by atoms with Crippen molar-refractivity contribution in [1.29, 1.82) is 0 Å². The van der Waals surface area contributed by atoms with Crippen molar-refractivity contribution in [3.8, 4) is 55.6 Å². The standard InChI is InChI=1S/C60H39NO2/c1-3-16-40(17-4-1)42-32-34-43(35-33-42)59-47(45-36-37-58-53(39-45)50-24-9-11-30-56(50)62-58)25-15-29-55(59)61(46-21-13-20-44(38-46)41-18-5-2-6-19-41)54-28-10-7-22-48(54)51-26-14-27-52-49-23-8-12-31-57(49)63-60(51)52/h1-39H. The van der Waals surface area contributed by atoms with Crippen molar-refractivity contribution in [3.05, 3.63) is 237 Å². The van der Waals surface area contributed by atoms with Crippen LogP contribution in [0.4, 0.5) is 17.1 Å². The molecule has 0 aliphatic heterocycles. The zero-order valence-electron chi connectivity index (χ0n) is 34.3. The van der Waals surface area contributed by atoms with Gasteiger partial charge >= 0.3 is 0 Å². The molecule has 12 aromatic rings. The number of nitrogens with zero attached hydrogens (tertiary/aromatic N) is 1. The highest BCUT2D eigenvalue weighted by atomic mass is 16.3. The highest BCUT2D eigenvalue weighted by Crippen LogP contribution is 2.50. The lowest BCUT2D eigenvalue weighted by Gasteiger charge is -2.31. The molecule has 12 rings (SSSR count). The van der Waals surface area contributed by atoms with Crippen molar-refractivity contribution in [3.63, 3.8) is 0 Å². The summed E-state index contributed by atoms with van der Waals surface area (Å²) in [7, 11) is 0. The number of benzene rings is 10. The molecule has 0 unspecified atom stereocenters. The van der Waals surface area contributed by atoms with Crippen molar-refractivity contribution < 1.29 is 8.83 Å². The minimum absolute atomic E-state index is 0.871. The molecule has 0 aliphatic rings. The summed E-state index contributed by atoms with van der Waals surface area (Å²) in [5, 5.41) is 4.40. The maximum absolute atomic E-state index is 6.71. The zero-order valence-corrected chi connectivity index (χ0v) is 34.3. The van der Waals surface area contributed by atoms with Gasteiger partial charge in [-0.15, -0.1) is 0 Å². The number of hydrogen-bond acceptors (Lipinski definition) is 3. The van der Waals surface area contributed by atoms with Gasteiger partial charge in [-0.2, -0.15) is 0 Å². The Bertz CT molecular complexity index is 3620. The Labute approximate surface area is 365 Å². The lowest BCUT2D eigenvalue weighted by molar-refractivity contribution is 0.669. The third-order valence-corrected chi connectivity index (χ3v) is 12.3. The first-order chi connectivity index (χ1) is 31.2. The van der Waals surface area contributed by atoms with Crippen LogP contribution in [0.2, 0.25) is 0 Å². The van der Waals surface area contributed by atoms with E-state index in [-0.39, 0.29) is 0 Å². The van der Waals surface area contributed by atoms with Crippen LogP contribution in [0.5, 0.6) is 0 Å². The van der Waals surface area contributed by atoms with E-state index in [9.17, 15) is 0 Å². The lowest BCUT2D eigenvalue weighted by Crippen LogP contribution is -2.13. The van der Waals surface area contributed by atoms with Crippen LogP contribution in [0.15, 0.2) is 245 Å². The van der Waals surface area contributed by atoms with Gasteiger partial charge in [0.2, 0.25) is 0 Å². The fourth-order valence-corrected chi connectivity index (χ4v) is 9.34. The van der Waals surface area contributed by atoms with Gasteiger partial charge in [0, 0.05) is 43.9 Å². The summed E-state index contributed by atoms with van der Waals surface area (Å²) < 4.78 is 13.0. The van der Waals surface area contributed by atoms with E-state index in [0.717, 1.165) is 105 Å². The first-order valence-electron chi connectivity index (χ1n) is 21.4. The molecule has 0 atom stereocenters. The average Bonchev–Trinajstić information content (AvgIpc) is 3.93. The first kappa shape index (κ1) is 36.5. The number of para-hydroxylation sites is 4. The number of fused-ring (bicyclic) bond motifs is 6. The van der Waals surface area contributed by atoms with Crippen molar-refractivity contribution in [2.45, 2.75) is 0 Å². The Balaban J connectivity index is 1.14. The van der Waals surface area contributed by atoms with E-state index in [1.807, 2.05) is 18.2 Å². The van der Waals surface area contributed by atoms with Gasteiger partial charge in [-0.05, 0) is 87.5 Å². The Morgan fingerprint density at radius 1 is 0.270 bits per heavy atom. The Morgan fingerprint density at radius 2 is 0.778 bits per heavy atom. The van der Waals surface area contributed by atoms with Crippen molar-refractivity contribution in [2.24, 2.45) is 0 Å². The Morgan fingerprint density at radius 3 is 1.57 bits per heavy atom. The van der Waals surface area contributed by atoms with Gasteiger partial charge in [0.15, 0.2) is 0 Å². The average molecular weight is 806 g/mol. The quantitative estimate of drug-likeness (QED) is 0.153. The summed E-state index contributed by atoms with van der Waals surface area (Å²) in [4.78, 5) is 2.44. The summed E-state index contributed by atoms with van der Waals surface area (Å²) in [5.41, 5.74) is 17.8. The van der Waals surface area contributed by atoms with Crippen LogP contribution in [-0.4, -0.2) is 0 Å². The smallest absolute Gasteiger partial charge is 0.143 e. The van der Waals surface area contributed by atoms with Gasteiger partial charge in [0.05, 0.1) is 11.4 Å². The van der Waals surface area contributed by atoms with Gasteiger partial charge < -0.3 is 13.7 Å². The van der Waals surface area contributed by atoms with Crippen LogP contribution >= 0.6 is 0 Å². The summed E-state index contributed by atoms with van der Waals surface area (Å²) in [6.45, 7) is 0. The molecule has 0 bridgehead atoms. The Kier molecular flexibility index (Phi) is 8.83. The molecule has 3 nitrogen and oxygen atoms in total. The number of anilines is 3. The summed E-state index contributed by atoms with van der Waals surface area (Å²) >= 11 is 0. The van der Waals surface area contributed by atoms with E-state index >= 15 is 0 Å². The molecule has 0 saturated heterocycles. The predicted octanol–water partition coefficient (Wildman–Crippen LogP) is 17.3. The SMILES string of the molecule is c1ccc(-c2ccc(-c3c(-c4ccc5oc6ccccc6c5c4)cccc3N(c3cccc(-c4ccccc4)c3)c3ccccc3-c3cccc4c3oc3ccccc34)cc2)cc1. The fourth-order valence-electron chi connectivity index (χ4n) is 9.34. The topological polar surface area (TPSA) is 29.5 Å². The molecule has 0 spiro atoms. The van der Waals surface area contributed by atoms with E-state index in [0.29, 0.717) is 0 Å². The highest BCUT2D eigenvalue weighted by molar-refractivity contribution is 6.12. The zero-order chi connectivity index (χ0) is 41.7.